The number of rotatable bonds is 4. The van der Waals surface area contributed by atoms with Crippen LogP contribution in [0.3, 0.4) is 0 Å². The number of halogens is 1. The van der Waals surface area contributed by atoms with Crippen molar-refractivity contribution in [3.8, 4) is 11.5 Å². The topological polar surface area (TPSA) is 42.5 Å². The van der Waals surface area contributed by atoms with Crippen LogP contribution in [0, 0.1) is 0 Å². The van der Waals surface area contributed by atoms with Crippen molar-refractivity contribution < 1.29 is 9.47 Å². The Morgan fingerprint density at radius 1 is 1.00 bits per heavy atom. The Kier molecular flexibility index (Phi) is 6.19. The number of benzene rings is 2. The largest absolute Gasteiger partial charge is 0.486 e. The molecule has 1 saturated heterocycles. The first kappa shape index (κ1) is 18.1. The standard InChI is InChI=1S/C20H24N2O2.ClH/c1-2-5-16(6-3-1)20-17(7-4-10-21-20)22-14-15-8-9-18-19(13-15)24-12-11-23-18;/h1-3,5-6,8-9,13,17,20-22H,4,7,10-12,14H2;1H/t17-,20-;/m0./s1. The van der Waals surface area contributed by atoms with Crippen molar-refractivity contribution in [1.29, 1.82) is 0 Å². The fraction of sp³-hybridized carbons (Fsp3) is 0.400. The first-order chi connectivity index (χ1) is 11.9. The van der Waals surface area contributed by atoms with E-state index in [-0.39, 0.29) is 12.4 Å². The van der Waals surface area contributed by atoms with Gasteiger partial charge in [-0.05, 0) is 42.6 Å². The van der Waals surface area contributed by atoms with Crippen LogP contribution in [0.5, 0.6) is 11.5 Å². The van der Waals surface area contributed by atoms with Gasteiger partial charge in [-0.25, -0.2) is 0 Å². The molecule has 0 amide bonds. The second kappa shape index (κ2) is 8.56. The van der Waals surface area contributed by atoms with Crippen molar-refractivity contribution in [3.63, 3.8) is 0 Å². The first-order valence-electron chi connectivity index (χ1n) is 8.80. The van der Waals surface area contributed by atoms with Crippen LogP contribution in [0.25, 0.3) is 0 Å². The maximum Gasteiger partial charge on any atom is 0.161 e. The molecule has 134 valence electrons. The van der Waals surface area contributed by atoms with Crippen LogP contribution in [0.1, 0.15) is 30.0 Å². The van der Waals surface area contributed by atoms with E-state index in [9.17, 15) is 0 Å². The van der Waals surface area contributed by atoms with Crippen molar-refractivity contribution in [3.05, 3.63) is 59.7 Å². The lowest BCUT2D eigenvalue weighted by molar-refractivity contribution is 0.171. The summed E-state index contributed by atoms with van der Waals surface area (Å²) in [6.45, 7) is 3.19. The summed E-state index contributed by atoms with van der Waals surface area (Å²) in [6, 6.07) is 17.8. The molecule has 2 aromatic carbocycles. The molecule has 2 atom stereocenters. The number of piperidine rings is 1. The zero-order valence-electron chi connectivity index (χ0n) is 14.2. The lowest BCUT2D eigenvalue weighted by Crippen LogP contribution is -2.45. The zero-order chi connectivity index (χ0) is 16.2. The monoisotopic (exact) mass is 360 g/mol. The van der Waals surface area contributed by atoms with E-state index in [1.54, 1.807) is 0 Å². The minimum absolute atomic E-state index is 0. The van der Waals surface area contributed by atoms with Crippen LogP contribution in [0.15, 0.2) is 48.5 Å². The summed E-state index contributed by atoms with van der Waals surface area (Å²) in [6.07, 6.45) is 2.40. The lowest BCUT2D eigenvalue weighted by atomic mass is 9.92. The van der Waals surface area contributed by atoms with E-state index in [2.05, 4.69) is 53.1 Å². The van der Waals surface area contributed by atoms with Gasteiger partial charge in [-0.15, -0.1) is 12.4 Å². The zero-order valence-corrected chi connectivity index (χ0v) is 15.1. The summed E-state index contributed by atoms with van der Waals surface area (Å²) < 4.78 is 11.3. The third kappa shape index (κ3) is 4.27. The Labute approximate surface area is 155 Å². The molecule has 2 N–H and O–H groups in total. The minimum Gasteiger partial charge on any atom is -0.486 e. The number of hydrogen-bond donors (Lipinski definition) is 2. The maximum absolute atomic E-state index is 5.68. The molecular weight excluding hydrogens is 336 g/mol. The number of ether oxygens (including phenoxy) is 2. The molecule has 2 aromatic rings. The van der Waals surface area contributed by atoms with E-state index in [1.807, 2.05) is 6.07 Å². The normalized spacial score (nSPS) is 22.1. The molecule has 0 unspecified atom stereocenters. The molecule has 0 spiro atoms. The molecule has 0 bridgehead atoms. The van der Waals surface area contributed by atoms with Gasteiger partial charge in [0.25, 0.3) is 0 Å². The predicted octanol–water partition coefficient (Wildman–Crippen LogP) is 3.46. The average Bonchev–Trinajstić information content (AvgIpc) is 2.67. The third-order valence-corrected chi connectivity index (χ3v) is 4.79. The Hall–Kier alpha value is -1.75. The van der Waals surface area contributed by atoms with Crippen LogP contribution in [0.2, 0.25) is 0 Å². The molecule has 25 heavy (non-hydrogen) atoms. The van der Waals surface area contributed by atoms with Gasteiger partial charge in [0.15, 0.2) is 11.5 Å². The van der Waals surface area contributed by atoms with Crippen molar-refractivity contribution in [2.24, 2.45) is 0 Å². The van der Waals surface area contributed by atoms with E-state index in [0.29, 0.717) is 25.3 Å². The second-order valence-corrected chi connectivity index (χ2v) is 6.45. The highest BCUT2D eigenvalue weighted by atomic mass is 35.5. The molecule has 0 aromatic heterocycles. The maximum atomic E-state index is 5.68. The van der Waals surface area contributed by atoms with Gasteiger partial charge in [0, 0.05) is 18.6 Å². The summed E-state index contributed by atoms with van der Waals surface area (Å²) in [5.74, 6) is 1.72. The van der Waals surface area contributed by atoms with Crippen LogP contribution in [-0.4, -0.2) is 25.8 Å². The van der Waals surface area contributed by atoms with E-state index < -0.39 is 0 Å². The Morgan fingerprint density at radius 2 is 1.80 bits per heavy atom. The Bertz CT molecular complexity index is 681. The van der Waals surface area contributed by atoms with E-state index in [4.69, 9.17) is 9.47 Å². The summed E-state index contributed by atoms with van der Waals surface area (Å²) in [5.41, 5.74) is 2.59. The molecule has 4 nitrogen and oxygen atoms in total. The van der Waals surface area contributed by atoms with Crippen molar-refractivity contribution in [2.75, 3.05) is 19.8 Å². The first-order valence-corrected chi connectivity index (χ1v) is 8.80. The lowest BCUT2D eigenvalue weighted by Gasteiger charge is -2.34. The van der Waals surface area contributed by atoms with Gasteiger partial charge in [-0.3, -0.25) is 0 Å². The van der Waals surface area contributed by atoms with Crippen molar-refractivity contribution in [2.45, 2.75) is 31.5 Å². The van der Waals surface area contributed by atoms with Crippen molar-refractivity contribution in [1.82, 2.24) is 10.6 Å². The summed E-state index contributed by atoms with van der Waals surface area (Å²) in [7, 11) is 0. The molecular formula is C20H25ClN2O2. The molecule has 0 radical (unpaired) electrons. The average molecular weight is 361 g/mol. The molecule has 0 aliphatic carbocycles. The van der Waals surface area contributed by atoms with E-state index >= 15 is 0 Å². The van der Waals surface area contributed by atoms with Gasteiger partial charge in [0.1, 0.15) is 13.2 Å². The van der Waals surface area contributed by atoms with Gasteiger partial charge in [0.05, 0.1) is 0 Å². The second-order valence-electron chi connectivity index (χ2n) is 6.45. The predicted molar refractivity (Wildman–Crippen MR) is 102 cm³/mol. The molecule has 0 saturated carbocycles. The van der Waals surface area contributed by atoms with Crippen LogP contribution in [0.4, 0.5) is 0 Å². The van der Waals surface area contributed by atoms with E-state index in [0.717, 1.165) is 24.6 Å². The molecule has 2 aliphatic heterocycles. The Morgan fingerprint density at radius 3 is 2.64 bits per heavy atom. The van der Waals surface area contributed by atoms with Gasteiger partial charge in [0.2, 0.25) is 0 Å². The summed E-state index contributed by atoms with van der Waals surface area (Å²) >= 11 is 0. The quantitative estimate of drug-likeness (QED) is 0.876. The highest BCUT2D eigenvalue weighted by Crippen LogP contribution is 2.31. The highest BCUT2D eigenvalue weighted by molar-refractivity contribution is 5.85. The van der Waals surface area contributed by atoms with Gasteiger partial charge in [-0.2, -0.15) is 0 Å². The molecule has 1 fully saturated rings. The fourth-order valence-corrected chi connectivity index (χ4v) is 3.57. The van der Waals surface area contributed by atoms with Gasteiger partial charge >= 0.3 is 0 Å². The minimum atomic E-state index is 0. The van der Waals surface area contributed by atoms with Crippen LogP contribution < -0.4 is 20.1 Å². The van der Waals surface area contributed by atoms with Gasteiger partial charge < -0.3 is 20.1 Å². The Balaban J connectivity index is 0.00000182. The van der Waals surface area contributed by atoms with E-state index in [1.165, 1.54) is 24.0 Å². The highest BCUT2D eigenvalue weighted by Gasteiger charge is 2.25. The van der Waals surface area contributed by atoms with Crippen LogP contribution >= 0.6 is 12.4 Å². The number of fused-ring (bicyclic) bond motifs is 1. The third-order valence-electron chi connectivity index (χ3n) is 4.79. The molecule has 5 heteroatoms. The number of nitrogens with one attached hydrogen (secondary N) is 2. The van der Waals surface area contributed by atoms with Crippen molar-refractivity contribution >= 4 is 12.4 Å². The summed E-state index contributed by atoms with van der Waals surface area (Å²) in [4.78, 5) is 0. The number of hydrogen-bond acceptors (Lipinski definition) is 4. The van der Waals surface area contributed by atoms with Gasteiger partial charge in [-0.1, -0.05) is 36.4 Å². The SMILES string of the molecule is Cl.c1ccc([C@@H]2NCCC[C@@H]2NCc2ccc3c(c2)OCCO3)cc1. The molecule has 2 heterocycles. The smallest absolute Gasteiger partial charge is 0.161 e. The molecule has 4 rings (SSSR count). The molecule has 2 aliphatic rings. The van der Waals surface area contributed by atoms with Crippen LogP contribution in [-0.2, 0) is 6.54 Å². The fourth-order valence-electron chi connectivity index (χ4n) is 3.57. The summed E-state index contributed by atoms with van der Waals surface area (Å²) in [5, 5.41) is 7.40.